The van der Waals surface area contributed by atoms with Crippen molar-refractivity contribution in [3.05, 3.63) is 11.7 Å². The maximum atomic E-state index is 5.86. The van der Waals surface area contributed by atoms with Gasteiger partial charge in [0.1, 0.15) is 0 Å². The number of hydrogen-bond acceptors (Lipinski definition) is 6. The Hall–Kier alpha value is -0.200. The molecule has 112 valence electrons. The number of nitrogens with two attached hydrogens (primary N) is 1. The fourth-order valence-electron chi connectivity index (χ4n) is 3.30. The lowest BCUT2D eigenvalue weighted by molar-refractivity contribution is 0.323. The van der Waals surface area contributed by atoms with Crippen molar-refractivity contribution in [2.24, 2.45) is 11.7 Å². The third-order valence-electron chi connectivity index (χ3n) is 4.44. The Morgan fingerprint density at radius 1 is 1.30 bits per heavy atom. The molecule has 2 heterocycles. The first-order valence-electron chi connectivity index (χ1n) is 7.60. The maximum Gasteiger partial charge on any atom is 0.230 e. The molecule has 2 aliphatic rings. The number of nitrogens with zero attached hydrogens (tertiary/aromatic N) is 2. The van der Waals surface area contributed by atoms with E-state index in [-0.39, 0.29) is 0 Å². The van der Waals surface area contributed by atoms with E-state index in [1.54, 1.807) is 0 Å². The van der Waals surface area contributed by atoms with Crippen LogP contribution in [0.5, 0.6) is 0 Å². The van der Waals surface area contributed by atoms with Crippen molar-refractivity contribution in [1.29, 1.82) is 0 Å². The predicted molar refractivity (Wildman–Crippen MR) is 85.2 cm³/mol. The minimum atomic E-state index is 0.391. The molecule has 6 heteroatoms. The van der Waals surface area contributed by atoms with Crippen molar-refractivity contribution in [3.63, 3.8) is 0 Å². The van der Waals surface area contributed by atoms with Crippen LogP contribution in [0.2, 0.25) is 0 Å². The standard InChI is InChI=1S/C14H23N3OS2/c1-2-11-12(20-7-6-19-11)13-16-14(18-17-13)10-5-3-4-9(10)8-15/h9-12H,2-8,15H2,1H3. The molecule has 0 amide bonds. The molecule has 2 fully saturated rings. The van der Waals surface area contributed by atoms with Crippen molar-refractivity contribution in [2.75, 3.05) is 18.1 Å². The van der Waals surface area contributed by atoms with Crippen LogP contribution in [0.15, 0.2) is 4.52 Å². The molecule has 1 saturated carbocycles. The van der Waals surface area contributed by atoms with Crippen LogP contribution < -0.4 is 5.73 Å². The van der Waals surface area contributed by atoms with Gasteiger partial charge in [0, 0.05) is 22.7 Å². The third-order valence-corrected chi connectivity index (χ3v) is 7.69. The molecule has 1 aromatic rings. The fourth-order valence-corrected chi connectivity index (χ4v) is 6.28. The summed E-state index contributed by atoms with van der Waals surface area (Å²) in [5.41, 5.74) is 5.86. The minimum Gasteiger partial charge on any atom is -0.339 e. The maximum absolute atomic E-state index is 5.86. The van der Waals surface area contributed by atoms with Gasteiger partial charge >= 0.3 is 0 Å². The Bertz CT molecular complexity index is 440. The molecule has 3 rings (SSSR count). The van der Waals surface area contributed by atoms with Crippen LogP contribution in [0.25, 0.3) is 0 Å². The molecule has 1 saturated heterocycles. The van der Waals surface area contributed by atoms with Crippen LogP contribution >= 0.6 is 23.5 Å². The molecule has 4 unspecified atom stereocenters. The van der Waals surface area contributed by atoms with E-state index < -0.39 is 0 Å². The zero-order valence-electron chi connectivity index (χ0n) is 12.0. The number of rotatable bonds is 4. The number of thioether (sulfide) groups is 2. The van der Waals surface area contributed by atoms with Crippen molar-refractivity contribution in [2.45, 2.75) is 49.0 Å². The van der Waals surface area contributed by atoms with E-state index in [0.717, 1.165) is 24.7 Å². The quantitative estimate of drug-likeness (QED) is 0.921. The molecular weight excluding hydrogens is 290 g/mol. The molecule has 1 aromatic heterocycles. The Morgan fingerprint density at radius 2 is 2.15 bits per heavy atom. The van der Waals surface area contributed by atoms with Gasteiger partial charge in [-0.05, 0) is 31.7 Å². The highest BCUT2D eigenvalue weighted by Crippen LogP contribution is 2.44. The minimum absolute atomic E-state index is 0.391. The normalized spacial score (nSPS) is 34.5. The van der Waals surface area contributed by atoms with Crippen LogP contribution in [0, 0.1) is 5.92 Å². The SMILES string of the molecule is CCC1SCCSC1c1noc(C2CCCC2CN)n1. The van der Waals surface area contributed by atoms with Gasteiger partial charge in [-0.1, -0.05) is 18.5 Å². The van der Waals surface area contributed by atoms with E-state index in [0.29, 0.717) is 22.3 Å². The third kappa shape index (κ3) is 2.88. The molecule has 4 nitrogen and oxygen atoms in total. The second-order valence-corrected chi connectivity index (χ2v) is 8.23. The molecule has 0 spiro atoms. The zero-order valence-corrected chi connectivity index (χ0v) is 13.6. The summed E-state index contributed by atoms with van der Waals surface area (Å²) in [6.07, 6.45) is 4.74. The van der Waals surface area contributed by atoms with E-state index in [2.05, 4.69) is 23.8 Å². The summed E-state index contributed by atoms with van der Waals surface area (Å²) in [5.74, 6) is 5.08. The second-order valence-electron chi connectivity index (χ2n) is 5.63. The van der Waals surface area contributed by atoms with Crippen molar-refractivity contribution in [1.82, 2.24) is 10.1 Å². The Balaban J connectivity index is 1.75. The second kappa shape index (κ2) is 6.71. The Kier molecular flexibility index (Phi) is 4.94. The van der Waals surface area contributed by atoms with Crippen LogP contribution in [0.4, 0.5) is 0 Å². The molecular formula is C14H23N3OS2. The molecule has 0 radical (unpaired) electrons. The summed E-state index contributed by atoms with van der Waals surface area (Å²) < 4.78 is 5.59. The van der Waals surface area contributed by atoms with Gasteiger partial charge in [-0.25, -0.2) is 0 Å². The topological polar surface area (TPSA) is 64.9 Å². The fraction of sp³-hybridized carbons (Fsp3) is 0.857. The molecule has 0 bridgehead atoms. The first-order valence-corrected chi connectivity index (χ1v) is 9.70. The van der Waals surface area contributed by atoms with Gasteiger partial charge in [0.25, 0.3) is 0 Å². The molecule has 1 aliphatic carbocycles. The highest BCUT2D eigenvalue weighted by Gasteiger charge is 2.35. The summed E-state index contributed by atoms with van der Waals surface area (Å²) >= 11 is 4.03. The number of aromatic nitrogens is 2. The summed E-state index contributed by atoms with van der Waals surface area (Å²) in [6.45, 7) is 2.98. The average Bonchev–Trinajstić information content (AvgIpc) is 3.15. The lowest BCUT2D eigenvalue weighted by Gasteiger charge is -2.27. The Morgan fingerprint density at radius 3 is 2.95 bits per heavy atom. The van der Waals surface area contributed by atoms with Crippen molar-refractivity contribution >= 4 is 23.5 Å². The van der Waals surface area contributed by atoms with Crippen molar-refractivity contribution in [3.8, 4) is 0 Å². The van der Waals surface area contributed by atoms with Gasteiger partial charge in [-0.3, -0.25) is 0 Å². The van der Waals surface area contributed by atoms with E-state index in [9.17, 15) is 0 Å². The smallest absolute Gasteiger partial charge is 0.230 e. The largest absolute Gasteiger partial charge is 0.339 e. The van der Waals surface area contributed by atoms with Gasteiger partial charge < -0.3 is 10.3 Å². The van der Waals surface area contributed by atoms with E-state index in [4.69, 9.17) is 15.2 Å². The monoisotopic (exact) mass is 313 g/mol. The van der Waals surface area contributed by atoms with Gasteiger partial charge in [-0.15, -0.1) is 11.8 Å². The van der Waals surface area contributed by atoms with Crippen molar-refractivity contribution < 1.29 is 4.52 Å². The van der Waals surface area contributed by atoms with Gasteiger partial charge in [-0.2, -0.15) is 16.7 Å². The van der Waals surface area contributed by atoms with Crippen LogP contribution in [0.1, 0.15) is 55.5 Å². The van der Waals surface area contributed by atoms with Crippen LogP contribution in [-0.4, -0.2) is 33.4 Å². The van der Waals surface area contributed by atoms with E-state index >= 15 is 0 Å². The van der Waals surface area contributed by atoms with Gasteiger partial charge in [0.05, 0.1) is 5.25 Å². The molecule has 2 N–H and O–H groups in total. The van der Waals surface area contributed by atoms with E-state index in [1.165, 1.54) is 30.8 Å². The molecule has 20 heavy (non-hydrogen) atoms. The summed E-state index contributed by atoms with van der Waals surface area (Å²) in [5, 5.41) is 5.31. The summed E-state index contributed by atoms with van der Waals surface area (Å²) in [7, 11) is 0. The van der Waals surface area contributed by atoms with Gasteiger partial charge in [0.15, 0.2) is 5.82 Å². The number of hydrogen-bond donors (Lipinski definition) is 1. The highest BCUT2D eigenvalue weighted by molar-refractivity contribution is 8.06. The molecule has 0 aromatic carbocycles. The summed E-state index contributed by atoms with van der Waals surface area (Å²) in [4.78, 5) is 4.74. The Labute approximate surface area is 129 Å². The van der Waals surface area contributed by atoms with E-state index in [1.807, 2.05) is 11.8 Å². The van der Waals surface area contributed by atoms with Gasteiger partial charge in [0.2, 0.25) is 5.89 Å². The average molecular weight is 313 g/mol. The van der Waals surface area contributed by atoms with Crippen LogP contribution in [-0.2, 0) is 0 Å². The molecule has 4 atom stereocenters. The first kappa shape index (κ1) is 14.7. The lowest BCUT2D eigenvalue weighted by Crippen LogP contribution is -2.20. The van der Waals surface area contributed by atoms with Crippen LogP contribution in [0.3, 0.4) is 0 Å². The molecule has 1 aliphatic heterocycles. The zero-order chi connectivity index (χ0) is 13.9. The predicted octanol–water partition coefficient (Wildman–Crippen LogP) is 3.21. The summed E-state index contributed by atoms with van der Waals surface area (Å²) in [6, 6.07) is 0. The lowest BCUT2D eigenvalue weighted by atomic mass is 9.96. The first-order chi connectivity index (χ1) is 9.83. The highest BCUT2D eigenvalue weighted by atomic mass is 32.2.